The molecule has 0 radical (unpaired) electrons. The zero-order valence-electron chi connectivity index (χ0n) is 16.3. The Kier molecular flexibility index (Phi) is 9.31. The molecule has 0 aliphatic heterocycles. The quantitative estimate of drug-likeness (QED) is 0.485. The molecule has 0 spiro atoms. The molecule has 1 aromatic heterocycles. The highest BCUT2D eigenvalue weighted by Crippen LogP contribution is 2.30. The molecule has 0 bridgehead atoms. The van der Waals surface area contributed by atoms with E-state index in [1.165, 1.54) is 23.3 Å². The van der Waals surface area contributed by atoms with Crippen LogP contribution in [0.3, 0.4) is 0 Å². The van der Waals surface area contributed by atoms with E-state index in [4.69, 9.17) is 0 Å². The Morgan fingerprint density at radius 3 is 2.38 bits per heavy atom. The lowest BCUT2D eigenvalue weighted by molar-refractivity contribution is -0.112. The summed E-state index contributed by atoms with van der Waals surface area (Å²) in [6.45, 7) is 13.8. The van der Waals surface area contributed by atoms with Crippen molar-refractivity contribution in [3.8, 4) is 11.3 Å². The van der Waals surface area contributed by atoms with Gasteiger partial charge >= 0.3 is 0 Å². The minimum atomic E-state index is -0.188. The molecular weight excluding hydrogens is 340 g/mol. The highest BCUT2D eigenvalue weighted by Gasteiger charge is 2.13. The number of amides is 1. The van der Waals surface area contributed by atoms with Crippen LogP contribution in [-0.2, 0) is 4.79 Å². The number of nitrogens with zero attached hydrogens (tertiary/aromatic N) is 1. The Balaban J connectivity index is 0.00000105. The van der Waals surface area contributed by atoms with E-state index in [2.05, 4.69) is 49.8 Å². The fourth-order valence-electron chi connectivity index (χ4n) is 2.11. The third-order valence-electron chi connectivity index (χ3n) is 3.25. The molecule has 0 atom stereocenters. The summed E-state index contributed by atoms with van der Waals surface area (Å²) in [6, 6.07) is 8.21. The third kappa shape index (κ3) is 6.45. The van der Waals surface area contributed by atoms with Gasteiger partial charge in [-0.2, -0.15) is 0 Å². The first-order valence-electron chi connectivity index (χ1n) is 8.77. The number of carbonyl (C=O) groups excluding carboxylic acids is 1. The number of hydrogen-bond donors (Lipinski definition) is 1. The second-order valence-electron chi connectivity index (χ2n) is 5.81. The fourth-order valence-corrected chi connectivity index (χ4v) is 2.94. The van der Waals surface area contributed by atoms with Gasteiger partial charge in [0.15, 0.2) is 5.13 Å². The fraction of sp³-hybridized carbons (Fsp3) is 0.273. The number of anilines is 1. The van der Waals surface area contributed by atoms with Gasteiger partial charge in [-0.05, 0) is 20.8 Å². The molecule has 0 aliphatic carbocycles. The van der Waals surface area contributed by atoms with Crippen molar-refractivity contribution in [3.05, 3.63) is 71.2 Å². The van der Waals surface area contributed by atoms with Crippen LogP contribution in [0.4, 0.5) is 5.13 Å². The first-order valence-corrected chi connectivity index (χ1v) is 9.59. The van der Waals surface area contributed by atoms with Crippen LogP contribution in [0.15, 0.2) is 60.7 Å². The molecule has 26 heavy (non-hydrogen) atoms. The van der Waals surface area contributed by atoms with Crippen LogP contribution in [0, 0.1) is 13.8 Å². The smallest absolute Gasteiger partial charge is 0.257 e. The molecule has 4 heteroatoms. The zero-order chi connectivity index (χ0) is 19.5. The van der Waals surface area contributed by atoms with Crippen molar-refractivity contribution in [2.24, 2.45) is 0 Å². The van der Waals surface area contributed by atoms with E-state index in [0.717, 1.165) is 16.1 Å². The molecule has 0 unspecified atom stereocenters. The van der Waals surface area contributed by atoms with E-state index in [0.29, 0.717) is 10.7 Å². The molecular formula is C22H28N2OS. The van der Waals surface area contributed by atoms with Crippen LogP contribution < -0.4 is 5.32 Å². The first-order chi connectivity index (χ1) is 12.5. The summed E-state index contributed by atoms with van der Waals surface area (Å²) in [6.07, 6.45) is 8.09. The SMILES string of the molecule is C=C/C=C(\C=C/C)C(=O)Nc1nc(-c2ccc(C)cc2)c(C)s1.CCC. The average molecular weight is 369 g/mol. The highest BCUT2D eigenvalue weighted by atomic mass is 32.1. The largest absolute Gasteiger partial charge is 0.298 e. The van der Waals surface area contributed by atoms with E-state index in [1.54, 1.807) is 18.2 Å². The maximum Gasteiger partial charge on any atom is 0.257 e. The van der Waals surface area contributed by atoms with Gasteiger partial charge in [0.1, 0.15) is 0 Å². The van der Waals surface area contributed by atoms with Crippen LogP contribution >= 0.6 is 11.3 Å². The number of benzene rings is 1. The van der Waals surface area contributed by atoms with Crippen LogP contribution in [0.1, 0.15) is 37.6 Å². The number of rotatable bonds is 5. The van der Waals surface area contributed by atoms with Gasteiger partial charge < -0.3 is 0 Å². The van der Waals surface area contributed by atoms with Crippen molar-refractivity contribution >= 4 is 22.4 Å². The summed E-state index contributed by atoms with van der Waals surface area (Å²) in [4.78, 5) is 17.9. The number of thiazole rings is 1. The molecule has 0 saturated heterocycles. The number of hydrogen-bond acceptors (Lipinski definition) is 3. The van der Waals surface area contributed by atoms with Crippen molar-refractivity contribution in [2.45, 2.75) is 41.0 Å². The summed E-state index contributed by atoms with van der Waals surface area (Å²) in [5.41, 5.74) is 3.72. The second-order valence-corrected chi connectivity index (χ2v) is 7.01. The molecule has 0 aliphatic rings. The maximum atomic E-state index is 12.3. The normalized spacial score (nSPS) is 11.0. The first kappa shape index (κ1) is 21.6. The van der Waals surface area contributed by atoms with Crippen molar-refractivity contribution < 1.29 is 4.79 Å². The topological polar surface area (TPSA) is 42.0 Å². The Bertz CT molecular complexity index is 783. The third-order valence-corrected chi connectivity index (χ3v) is 4.13. The van der Waals surface area contributed by atoms with Crippen molar-refractivity contribution in [1.82, 2.24) is 4.98 Å². The minimum absolute atomic E-state index is 0.188. The van der Waals surface area contributed by atoms with Gasteiger partial charge in [-0.3, -0.25) is 10.1 Å². The van der Waals surface area contributed by atoms with Crippen LogP contribution in [0.2, 0.25) is 0 Å². The zero-order valence-corrected chi connectivity index (χ0v) is 17.1. The highest BCUT2D eigenvalue weighted by molar-refractivity contribution is 7.16. The lowest BCUT2D eigenvalue weighted by Crippen LogP contribution is -2.12. The summed E-state index contributed by atoms with van der Waals surface area (Å²) >= 11 is 1.48. The molecule has 1 aromatic carbocycles. The molecule has 138 valence electrons. The Labute approximate surface area is 161 Å². The number of allylic oxidation sites excluding steroid dienone is 3. The predicted octanol–water partition coefficient (Wildman–Crippen LogP) is 6.47. The lowest BCUT2D eigenvalue weighted by Gasteiger charge is -2.02. The van der Waals surface area contributed by atoms with Crippen molar-refractivity contribution in [2.75, 3.05) is 5.32 Å². The van der Waals surface area contributed by atoms with E-state index >= 15 is 0 Å². The van der Waals surface area contributed by atoms with Crippen molar-refractivity contribution in [1.29, 1.82) is 0 Å². The van der Waals surface area contributed by atoms with E-state index in [-0.39, 0.29) is 5.91 Å². The van der Waals surface area contributed by atoms with Gasteiger partial charge in [0, 0.05) is 16.0 Å². The monoisotopic (exact) mass is 368 g/mol. The van der Waals surface area contributed by atoms with Gasteiger partial charge in [-0.1, -0.05) is 81.0 Å². The minimum Gasteiger partial charge on any atom is -0.298 e. The summed E-state index contributed by atoms with van der Waals surface area (Å²) < 4.78 is 0. The molecule has 3 nitrogen and oxygen atoms in total. The van der Waals surface area contributed by atoms with Crippen molar-refractivity contribution in [3.63, 3.8) is 0 Å². The molecule has 0 fully saturated rings. The Morgan fingerprint density at radius 1 is 1.23 bits per heavy atom. The van der Waals surface area contributed by atoms with Gasteiger partial charge in [-0.15, -0.1) is 11.3 Å². The molecule has 0 saturated carbocycles. The van der Waals surface area contributed by atoms with Gasteiger partial charge in [0.25, 0.3) is 5.91 Å². The summed E-state index contributed by atoms with van der Waals surface area (Å²) in [7, 11) is 0. The number of aromatic nitrogens is 1. The Hall–Kier alpha value is -2.46. The van der Waals surface area contributed by atoms with Gasteiger partial charge in [0.2, 0.25) is 0 Å². The molecule has 2 aromatic rings. The van der Waals surface area contributed by atoms with Crippen LogP contribution in [-0.4, -0.2) is 10.9 Å². The van der Waals surface area contributed by atoms with Crippen LogP contribution in [0.5, 0.6) is 0 Å². The summed E-state index contributed by atoms with van der Waals surface area (Å²) in [5, 5.41) is 3.45. The summed E-state index contributed by atoms with van der Waals surface area (Å²) in [5.74, 6) is -0.188. The molecule has 1 heterocycles. The predicted molar refractivity (Wildman–Crippen MR) is 115 cm³/mol. The average Bonchev–Trinajstić information content (AvgIpc) is 2.96. The standard InChI is InChI=1S/C19H20N2OS.C3H8/c1-5-7-16(8-6-2)18(22)21-19-20-17(14(4)23-19)15-11-9-13(3)10-12-15;1-3-2/h5-12H,1H2,2-4H3,(H,20,21,22);3H2,1-2H3/b8-6-,16-7+;. The molecule has 2 rings (SSSR count). The Morgan fingerprint density at radius 2 is 1.85 bits per heavy atom. The van der Waals surface area contributed by atoms with E-state index in [1.807, 2.05) is 32.1 Å². The molecule has 1 N–H and O–H groups in total. The van der Waals surface area contributed by atoms with E-state index in [9.17, 15) is 4.79 Å². The van der Waals surface area contributed by atoms with Crippen LogP contribution in [0.25, 0.3) is 11.3 Å². The van der Waals surface area contributed by atoms with Gasteiger partial charge in [-0.25, -0.2) is 4.98 Å². The number of nitrogens with one attached hydrogen (secondary N) is 1. The van der Waals surface area contributed by atoms with E-state index < -0.39 is 0 Å². The maximum absolute atomic E-state index is 12.3. The number of aryl methyl sites for hydroxylation is 2. The lowest BCUT2D eigenvalue weighted by atomic mass is 10.1. The number of carbonyl (C=O) groups is 1. The molecule has 1 amide bonds. The second kappa shape index (κ2) is 11.2. The van der Waals surface area contributed by atoms with Gasteiger partial charge in [0.05, 0.1) is 5.69 Å².